The predicted octanol–water partition coefficient (Wildman–Crippen LogP) is 0.587. The minimum atomic E-state index is -0.169. The highest BCUT2D eigenvalue weighted by atomic mass is 16.5. The van der Waals surface area contributed by atoms with Crippen LogP contribution >= 0.6 is 0 Å². The summed E-state index contributed by atoms with van der Waals surface area (Å²) in [6, 6.07) is 0.576. The molecule has 0 aliphatic rings. The summed E-state index contributed by atoms with van der Waals surface area (Å²) in [4.78, 5) is 13.8. The predicted molar refractivity (Wildman–Crippen MR) is 74.5 cm³/mol. The molecular formula is C13H29N3O2. The molecule has 0 aromatic carbocycles. The van der Waals surface area contributed by atoms with Gasteiger partial charge >= 0.3 is 0 Å². The third-order valence-electron chi connectivity index (χ3n) is 3.15. The fourth-order valence-corrected chi connectivity index (χ4v) is 1.51. The van der Waals surface area contributed by atoms with E-state index in [2.05, 4.69) is 31.1 Å². The Kier molecular flexibility index (Phi) is 9.92. The number of carbonyl (C=O) groups is 1. The molecule has 3 N–H and O–H groups in total. The molecule has 0 fully saturated rings. The van der Waals surface area contributed by atoms with E-state index >= 15 is 0 Å². The lowest BCUT2D eigenvalue weighted by atomic mass is 10.2. The van der Waals surface area contributed by atoms with Crippen LogP contribution in [0.5, 0.6) is 0 Å². The number of nitrogens with zero attached hydrogens (tertiary/aromatic N) is 1. The molecule has 0 heterocycles. The Bertz CT molecular complexity index is 218. The number of rotatable bonds is 10. The Morgan fingerprint density at radius 1 is 1.39 bits per heavy atom. The average molecular weight is 259 g/mol. The normalized spacial score (nSPS) is 13.1. The highest BCUT2D eigenvalue weighted by Gasteiger charge is 2.10. The molecule has 1 amide bonds. The highest BCUT2D eigenvalue weighted by Crippen LogP contribution is 1.98. The maximum absolute atomic E-state index is 11.5. The SMILES string of the molecule is COC(CN)CC(=O)NCCCCN(C)C(C)C. The molecule has 108 valence electrons. The van der Waals surface area contributed by atoms with Crippen LogP contribution in [-0.4, -0.2) is 56.7 Å². The van der Waals surface area contributed by atoms with Crippen LogP contribution in [0.15, 0.2) is 0 Å². The first-order valence-corrected chi connectivity index (χ1v) is 6.71. The van der Waals surface area contributed by atoms with Crippen molar-refractivity contribution < 1.29 is 9.53 Å². The van der Waals surface area contributed by atoms with E-state index in [-0.39, 0.29) is 12.0 Å². The lowest BCUT2D eigenvalue weighted by molar-refractivity contribution is -0.123. The van der Waals surface area contributed by atoms with Crippen LogP contribution in [-0.2, 0) is 9.53 Å². The zero-order chi connectivity index (χ0) is 14.0. The highest BCUT2D eigenvalue weighted by molar-refractivity contribution is 5.76. The van der Waals surface area contributed by atoms with E-state index in [4.69, 9.17) is 10.5 Å². The van der Waals surface area contributed by atoms with Gasteiger partial charge in [-0.1, -0.05) is 0 Å². The number of methoxy groups -OCH3 is 1. The topological polar surface area (TPSA) is 67.6 Å². The Hall–Kier alpha value is -0.650. The second-order valence-electron chi connectivity index (χ2n) is 4.93. The standard InChI is InChI=1S/C13H29N3O2/c1-11(2)16(3)8-6-5-7-15-13(17)9-12(10-14)18-4/h11-12H,5-10,14H2,1-4H3,(H,15,17). The first-order valence-electron chi connectivity index (χ1n) is 6.71. The van der Waals surface area contributed by atoms with Crippen molar-refractivity contribution >= 4 is 5.91 Å². The summed E-state index contributed by atoms with van der Waals surface area (Å²) in [6.45, 7) is 6.53. The van der Waals surface area contributed by atoms with E-state index in [9.17, 15) is 4.79 Å². The van der Waals surface area contributed by atoms with Gasteiger partial charge in [0.25, 0.3) is 0 Å². The largest absolute Gasteiger partial charge is 0.380 e. The molecule has 0 saturated heterocycles. The van der Waals surface area contributed by atoms with Gasteiger partial charge in [0.2, 0.25) is 5.91 Å². The Morgan fingerprint density at radius 3 is 2.56 bits per heavy atom. The zero-order valence-corrected chi connectivity index (χ0v) is 12.2. The maximum atomic E-state index is 11.5. The maximum Gasteiger partial charge on any atom is 0.222 e. The molecule has 5 heteroatoms. The van der Waals surface area contributed by atoms with E-state index in [1.165, 1.54) is 0 Å². The summed E-state index contributed by atoms with van der Waals surface area (Å²) in [5, 5.41) is 2.89. The van der Waals surface area contributed by atoms with Gasteiger partial charge in [-0.15, -0.1) is 0 Å². The molecular weight excluding hydrogens is 230 g/mol. The van der Waals surface area contributed by atoms with Gasteiger partial charge in [-0.25, -0.2) is 0 Å². The number of nitrogens with two attached hydrogens (primary N) is 1. The van der Waals surface area contributed by atoms with Gasteiger partial charge in [0.15, 0.2) is 0 Å². The summed E-state index contributed by atoms with van der Waals surface area (Å²) >= 11 is 0. The van der Waals surface area contributed by atoms with Gasteiger partial charge < -0.3 is 20.7 Å². The molecule has 1 unspecified atom stereocenters. The lowest BCUT2D eigenvalue weighted by Crippen LogP contribution is -2.33. The van der Waals surface area contributed by atoms with Gasteiger partial charge in [-0.2, -0.15) is 0 Å². The van der Waals surface area contributed by atoms with Crippen molar-refractivity contribution in [1.29, 1.82) is 0 Å². The first-order chi connectivity index (χ1) is 8.51. The van der Waals surface area contributed by atoms with Crippen LogP contribution in [0.3, 0.4) is 0 Å². The second kappa shape index (κ2) is 10.3. The smallest absolute Gasteiger partial charge is 0.222 e. The monoisotopic (exact) mass is 259 g/mol. The van der Waals surface area contributed by atoms with Gasteiger partial charge in [0.1, 0.15) is 0 Å². The molecule has 0 spiro atoms. The Labute approximate surface area is 111 Å². The number of unbranched alkanes of at least 4 members (excludes halogenated alkanes) is 1. The average Bonchev–Trinajstić information content (AvgIpc) is 2.35. The van der Waals surface area contributed by atoms with Crippen LogP contribution in [0.25, 0.3) is 0 Å². The molecule has 5 nitrogen and oxygen atoms in total. The van der Waals surface area contributed by atoms with Gasteiger partial charge in [0.05, 0.1) is 12.5 Å². The third-order valence-corrected chi connectivity index (χ3v) is 3.15. The van der Waals surface area contributed by atoms with Crippen molar-refractivity contribution in [3.05, 3.63) is 0 Å². The molecule has 0 saturated carbocycles. The van der Waals surface area contributed by atoms with Crippen LogP contribution in [0.2, 0.25) is 0 Å². The van der Waals surface area contributed by atoms with E-state index in [1.807, 2.05) is 0 Å². The van der Waals surface area contributed by atoms with E-state index in [1.54, 1.807) is 7.11 Å². The van der Waals surface area contributed by atoms with Crippen LogP contribution < -0.4 is 11.1 Å². The van der Waals surface area contributed by atoms with Crippen molar-refractivity contribution in [2.45, 2.75) is 45.3 Å². The lowest BCUT2D eigenvalue weighted by Gasteiger charge is -2.20. The van der Waals surface area contributed by atoms with Crippen LogP contribution in [0.4, 0.5) is 0 Å². The van der Waals surface area contributed by atoms with Crippen molar-refractivity contribution in [3.63, 3.8) is 0 Å². The van der Waals surface area contributed by atoms with Crippen LogP contribution in [0, 0.1) is 0 Å². The third kappa shape index (κ3) is 8.44. The summed E-state index contributed by atoms with van der Waals surface area (Å²) in [5.74, 6) is 0.0181. The molecule has 0 radical (unpaired) electrons. The Balaban J connectivity index is 3.51. The van der Waals surface area contributed by atoms with Crippen LogP contribution in [0.1, 0.15) is 33.1 Å². The number of ether oxygens (including phenoxy) is 1. The Morgan fingerprint density at radius 2 is 2.06 bits per heavy atom. The number of hydrogen-bond acceptors (Lipinski definition) is 4. The molecule has 0 aromatic heterocycles. The minimum Gasteiger partial charge on any atom is -0.380 e. The number of amides is 1. The quantitative estimate of drug-likeness (QED) is 0.563. The molecule has 0 rings (SSSR count). The summed E-state index contributed by atoms with van der Waals surface area (Å²) in [6.07, 6.45) is 2.28. The van der Waals surface area contributed by atoms with Crippen molar-refractivity contribution in [2.75, 3.05) is 33.8 Å². The molecule has 1 atom stereocenters. The van der Waals surface area contributed by atoms with E-state index in [0.29, 0.717) is 19.0 Å². The van der Waals surface area contributed by atoms with Gasteiger partial charge in [-0.3, -0.25) is 4.79 Å². The van der Waals surface area contributed by atoms with Gasteiger partial charge in [-0.05, 0) is 40.3 Å². The summed E-state index contributed by atoms with van der Waals surface area (Å²) in [7, 11) is 3.69. The second-order valence-corrected chi connectivity index (χ2v) is 4.93. The van der Waals surface area contributed by atoms with Crippen molar-refractivity contribution in [3.8, 4) is 0 Å². The number of hydrogen-bond donors (Lipinski definition) is 2. The number of nitrogens with one attached hydrogen (secondary N) is 1. The summed E-state index contributed by atoms with van der Waals surface area (Å²) < 4.78 is 5.06. The summed E-state index contributed by atoms with van der Waals surface area (Å²) in [5.41, 5.74) is 5.46. The molecule has 0 aliphatic heterocycles. The van der Waals surface area contributed by atoms with Gasteiger partial charge in [0, 0.05) is 26.2 Å². The molecule has 0 bridgehead atoms. The minimum absolute atomic E-state index is 0.0181. The fourth-order valence-electron chi connectivity index (χ4n) is 1.51. The first kappa shape index (κ1) is 17.4. The fraction of sp³-hybridized carbons (Fsp3) is 0.923. The van der Waals surface area contributed by atoms with Crippen molar-refractivity contribution in [1.82, 2.24) is 10.2 Å². The van der Waals surface area contributed by atoms with E-state index in [0.717, 1.165) is 25.9 Å². The molecule has 0 aromatic rings. The van der Waals surface area contributed by atoms with E-state index < -0.39 is 0 Å². The number of carbonyl (C=O) groups excluding carboxylic acids is 1. The molecule has 18 heavy (non-hydrogen) atoms. The van der Waals surface area contributed by atoms with Crippen molar-refractivity contribution in [2.24, 2.45) is 5.73 Å². The zero-order valence-electron chi connectivity index (χ0n) is 12.2. The molecule has 0 aliphatic carbocycles.